The van der Waals surface area contributed by atoms with E-state index >= 15 is 0 Å². The summed E-state index contributed by atoms with van der Waals surface area (Å²) in [7, 11) is -3.79. The molecule has 0 atom stereocenters. The van der Waals surface area contributed by atoms with Crippen molar-refractivity contribution in [2.75, 3.05) is 6.54 Å². The quantitative estimate of drug-likeness (QED) is 0.621. The van der Waals surface area contributed by atoms with Crippen molar-refractivity contribution in [3.05, 3.63) is 73.9 Å². The zero-order valence-corrected chi connectivity index (χ0v) is 14.4. The molecule has 0 aliphatic carbocycles. The molecule has 0 amide bonds. The third-order valence-electron chi connectivity index (χ3n) is 3.62. The van der Waals surface area contributed by atoms with Crippen LogP contribution in [0.15, 0.2) is 56.9 Å². The number of sulfonamides is 1. The summed E-state index contributed by atoms with van der Waals surface area (Å²) in [5.41, 5.74) is -0.114. The van der Waals surface area contributed by atoms with Gasteiger partial charge in [0.05, 0.1) is 15.8 Å². The van der Waals surface area contributed by atoms with Crippen molar-refractivity contribution in [1.29, 1.82) is 0 Å². The molecule has 0 saturated carbocycles. The minimum absolute atomic E-state index is 0.0522. The van der Waals surface area contributed by atoms with Crippen LogP contribution in [0, 0.1) is 0 Å². The lowest BCUT2D eigenvalue weighted by Gasteiger charge is -2.08. The van der Waals surface area contributed by atoms with Crippen LogP contribution in [0.4, 0.5) is 0 Å². The summed E-state index contributed by atoms with van der Waals surface area (Å²) in [6, 6.07) is 11.1. The van der Waals surface area contributed by atoms with Gasteiger partial charge in [-0.3, -0.25) is 9.78 Å². The fourth-order valence-corrected chi connectivity index (χ4v) is 3.69. The lowest BCUT2D eigenvalue weighted by Crippen LogP contribution is -2.27. The maximum atomic E-state index is 12.4. The summed E-state index contributed by atoms with van der Waals surface area (Å²) in [6.45, 7) is 0.183. The van der Waals surface area contributed by atoms with Crippen LogP contribution in [0.2, 0.25) is 5.02 Å². The molecule has 0 aliphatic rings. The highest BCUT2D eigenvalue weighted by molar-refractivity contribution is 7.89. The third-order valence-corrected chi connectivity index (χ3v) is 5.31. The second kappa shape index (κ2) is 6.83. The van der Waals surface area contributed by atoms with Gasteiger partial charge in [0.25, 0.3) is 5.56 Å². The Morgan fingerprint density at radius 2 is 1.84 bits per heavy atom. The van der Waals surface area contributed by atoms with Crippen LogP contribution < -0.4 is 16.0 Å². The molecule has 2 aromatic carbocycles. The van der Waals surface area contributed by atoms with Crippen molar-refractivity contribution in [3.8, 4) is 0 Å². The van der Waals surface area contributed by atoms with Gasteiger partial charge in [-0.25, -0.2) is 17.9 Å². The number of fused-ring (bicyclic) bond motifs is 1. The maximum absolute atomic E-state index is 12.4. The first kappa shape index (κ1) is 17.4. The van der Waals surface area contributed by atoms with E-state index in [1.807, 2.05) is 6.07 Å². The van der Waals surface area contributed by atoms with Gasteiger partial charge in [-0.05, 0) is 42.3 Å². The van der Waals surface area contributed by atoms with Crippen LogP contribution >= 0.6 is 11.6 Å². The standard InChI is InChI=1S/C16H14ClN3O4S/c17-11-3-1-2-10(8-11)6-7-18-25(23,24)12-4-5-14-13(9-12)15(21)20-16(22)19-14/h1-5,8-9,18H,6-7H2,(H2,19,20,21,22). The third kappa shape index (κ3) is 3.98. The molecule has 3 N–H and O–H groups in total. The van der Waals surface area contributed by atoms with Crippen LogP contribution in [0.1, 0.15) is 5.56 Å². The molecule has 0 bridgehead atoms. The van der Waals surface area contributed by atoms with Gasteiger partial charge in [0, 0.05) is 11.6 Å². The van der Waals surface area contributed by atoms with Gasteiger partial charge in [0.1, 0.15) is 0 Å². The highest BCUT2D eigenvalue weighted by Crippen LogP contribution is 2.14. The van der Waals surface area contributed by atoms with Crippen molar-refractivity contribution < 1.29 is 8.42 Å². The summed E-state index contributed by atoms with van der Waals surface area (Å²) in [6.07, 6.45) is 0.473. The molecule has 0 unspecified atom stereocenters. The van der Waals surface area contributed by atoms with E-state index in [4.69, 9.17) is 11.6 Å². The number of nitrogens with one attached hydrogen (secondary N) is 3. The zero-order valence-electron chi connectivity index (χ0n) is 12.9. The minimum atomic E-state index is -3.79. The summed E-state index contributed by atoms with van der Waals surface area (Å²) >= 11 is 5.89. The molecule has 0 spiro atoms. The minimum Gasteiger partial charge on any atom is -0.307 e. The average molecular weight is 380 g/mol. The topological polar surface area (TPSA) is 112 Å². The van der Waals surface area contributed by atoms with Gasteiger partial charge in [-0.2, -0.15) is 0 Å². The molecular formula is C16H14ClN3O4S. The molecule has 3 rings (SSSR count). The van der Waals surface area contributed by atoms with E-state index in [1.54, 1.807) is 18.2 Å². The summed E-state index contributed by atoms with van der Waals surface area (Å²) in [4.78, 5) is 27.5. The number of benzene rings is 2. The first-order valence-electron chi connectivity index (χ1n) is 7.36. The average Bonchev–Trinajstić information content (AvgIpc) is 2.54. The lowest BCUT2D eigenvalue weighted by atomic mass is 10.2. The summed E-state index contributed by atoms with van der Waals surface area (Å²) < 4.78 is 27.3. The van der Waals surface area contributed by atoms with E-state index < -0.39 is 21.3 Å². The Kier molecular flexibility index (Phi) is 4.76. The summed E-state index contributed by atoms with van der Waals surface area (Å²) in [5.74, 6) is 0. The van der Waals surface area contributed by atoms with Gasteiger partial charge in [0.2, 0.25) is 10.0 Å². The highest BCUT2D eigenvalue weighted by atomic mass is 35.5. The fourth-order valence-electron chi connectivity index (χ4n) is 2.42. The highest BCUT2D eigenvalue weighted by Gasteiger charge is 2.15. The van der Waals surface area contributed by atoms with Crippen molar-refractivity contribution in [3.63, 3.8) is 0 Å². The molecule has 0 radical (unpaired) electrons. The molecule has 0 saturated heterocycles. The molecule has 130 valence electrons. The monoisotopic (exact) mass is 379 g/mol. The van der Waals surface area contributed by atoms with Crippen LogP contribution in [0.5, 0.6) is 0 Å². The molecule has 1 heterocycles. The van der Waals surface area contributed by atoms with Crippen molar-refractivity contribution >= 4 is 32.5 Å². The first-order chi connectivity index (χ1) is 11.8. The van der Waals surface area contributed by atoms with Gasteiger partial charge in [-0.1, -0.05) is 23.7 Å². The smallest absolute Gasteiger partial charge is 0.307 e. The Labute approximate surface area is 147 Å². The first-order valence-corrected chi connectivity index (χ1v) is 9.22. The molecule has 0 aliphatic heterocycles. The van der Waals surface area contributed by atoms with Crippen LogP contribution in [0.3, 0.4) is 0 Å². The van der Waals surface area contributed by atoms with Crippen molar-refractivity contribution in [1.82, 2.24) is 14.7 Å². The van der Waals surface area contributed by atoms with E-state index in [2.05, 4.69) is 14.7 Å². The number of hydrogen-bond donors (Lipinski definition) is 3. The van der Waals surface area contributed by atoms with E-state index in [0.717, 1.165) is 5.56 Å². The Bertz CT molecular complexity index is 1150. The van der Waals surface area contributed by atoms with E-state index in [9.17, 15) is 18.0 Å². The molecule has 3 aromatic rings. The number of aromatic nitrogens is 2. The molecule has 25 heavy (non-hydrogen) atoms. The SMILES string of the molecule is O=c1[nH]c(=O)c2cc(S(=O)(=O)NCCc3cccc(Cl)c3)ccc2[nH]1. The fraction of sp³-hybridized carbons (Fsp3) is 0.125. The number of H-pyrrole nitrogens is 2. The number of aromatic amines is 2. The molecule has 9 heteroatoms. The van der Waals surface area contributed by atoms with E-state index in [0.29, 0.717) is 11.4 Å². The van der Waals surface area contributed by atoms with Crippen molar-refractivity contribution in [2.45, 2.75) is 11.3 Å². The van der Waals surface area contributed by atoms with Crippen LogP contribution in [0.25, 0.3) is 10.9 Å². The van der Waals surface area contributed by atoms with Gasteiger partial charge in [0.15, 0.2) is 0 Å². The maximum Gasteiger partial charge on any atom is 0.326 e. The summed E-state index contributed by atoms with van der Waals surface area (Å²) in [5, 5.41) is 0.681. The van der Waals surface area contributed by atoms with E-state index in [1.165, 1.54) is 18.2 Å². The Hall–Kier alpha value is -2.42. The second-order valence-corrected chi connectivity index (χ2v) is 7.60. The molecule has 0 fully saturated rings. The zero-order chi connectivity index (χ0) is 18.0. The number of hydrogen-bond acceptors (Lipinski definition) is 4. The van der Waals surface area contributed by atoms with Crippen molar-refractivity contribution in [2.24, 2.45) is 0 Å². The predicted molar refractivity (Wildman–Crippen MR) is 95.5 cm³/mol. The van der Waals surface area contributed by atoms with Gasteiger partial charge >= 0.3 is 5.69 Å². The van der Waals surface area contributed by atoms with Crippen LogP contribution in [-0.4, -0.2) is 24.9 Å². The Morgan fingerprint density at radius 1 is 1.04 bits per heavy atom. The largest absolute Gasteiger partial charge is 0.326 e. The van der Waals surface area contributed by atoms with Gasteiger partial charge < -0.3 is 4.98 Å². The van der Waals surface area contributed by atoms with E-state index in [-0.39, 0.29) is 22.3 Å². The number of halogens is 1. The normalized spacial score (nSPS) is 11.7. The molecule has 1 aromatic heterocycles. The predicted octanol–water partition coefficient (Wildman–Crippen LogP) is 1.39. The Morgan fingerprint density at radius 3 is 2.60 bits per heavy atom. The second-order valence-electron chi connectivity index (χ2n) is 5.39. The Balaban J connectivity index is 1.81. The molecular weight excluding hydrogens is 366 g/mol. The van der Waals surface area contributed by atoms with Crippen LogP contribution in [-0.2, 0) is 16.4 Å². The molecule has 7 nitrogen and oxygen atoms in total. The lowest BCUT2D eigenvalue weighted by molar-refractivity contribution is 0.582. The number of rotatable bonds is 5. The van der Waals surface area contributed by atoms with Gasteiger partial charge in [-0.15, -0.1) is 0 Å².